The topological polar surface area (TPSA) is 37.3 Å². The summed E-state index contributed by atoms with van der Waals surface area (Å²) in [5.74, 6) is 1.37. The highest BCUT2D eigenvalue weighted by Gasteiger charge is 2.41. The molecule has 0 bridgehead atoms. The maximum Gasteiger partial charge on any atom is 0.328 e. The van der Waals surface area contributed by atoms with Gasteiger partial charge in [-0.15, -0.1) is 0 Å². The van der Waals surface area contributed by atoms with E-state index in [1.54, 1.807) is 6.08 Å². The summed E-state index contributed by atoms with van der Waals surface area (Å²) in [6, 6.07) is 0. The Morgan fingerprint density at radius 3 is 3.07 bits per heavy atom. The fourth-order valence-electron chi connectivity index (χ4n) is 2.10. The summed E-state index contributed by atoms with van der Waals surface area (Å²) in [7, 11) is 0. The molecule has 1 N–H and O–H groups in total. The number of carbonyl (C=O) groups is 1. The largest absolute Gasteiger partial charge is 0.478 e. The van der Waals surface area contributed by atoms with E-state index in [0.717, 1.165) is 17.9 Å². The first-order valence-electron chi connectivity index (χ1n) is 5.02. The SMILES string of the molecule is O=C(O)C=CC=CC1C=CCC2CC12. The van der Waals surface area contributed by atoms with E-state index >= 15 is 0 Å². The summed E-state index contributed by atoms with van der Waals surface area (Å²) < 4.78 is 0. The zero-order valence-electron chi connectivity index (χ0n) is 7.97. The molecule has 1 fully saturated rings. The minimum absolute atomic E-state index is 0.534. The Kier molecular flexibility index (Phi) is 2.53. The number of hydrogen-bond donors (Lipinski definition) is 1. The number of rotatable bonds is 3. The molecule has 2 rings (SSSR count). The summed E-state index contributed by atoms with van der Waals surface area (Å²) in [4.78, 5) is 10.2. The molecule has 0 aromatic carbocycles. The van der Waals surface area contributed by atoms with Crippen molar-refractivity contribution in [3.05, 3.63) is 36.5 Å². The van der Waals surface area contributed by atoms with Gasteiger partial charge in [-0.3, -0.25) is 0 Å². The van der Waals surface area contributed by atoms with E-state index in [0.29, 0.717) is 5.92 Å². The van der Waals surface area contributed by atoms with Crippen LogP contribution in [0, 0.1) is 17.8 Å². The molecular formula is C12H14O2. The van der Waals surface area contributed by atoms with Gasteiger partial charge in [0, 0.05) is 6.08 Å². The fraction of sp³-hybridized carbons (Fsp3) is 0.417. The lowest BCUT2D eigenvalue weighted by molar-refractivity contribution is -0.131. The number of aliphatic carboxylic acids is 1. The molecule has 0 saturated heterocycles. The van der Waals surface area contributed by atoms with Crippen molar-refractivity contribution < 1.29 is 9.90 Å². The quantitative estimate of drug-likeness (QED) is 0.421. The van der Waals surface area contributed by atoms with Crippen molar-refractivity contribution in [1.29, 1.82) is 0 Å². The summed E-state index contributed by atoms with van der Waals surface area (Å²) in [6.07, 6.45) is 13.7. The number of allylic oxidation sites excluding steroid dienone is 5. The highest BCUT2D eigenvalue weighted by molar-refractivity contribution is 5.80. The molecule has 0 aromatic heterocycles. The zero-order valence-corrected chi connectivity index (χ0v) is 7.97. The Bertz CT molecular complexity index is 312. The third-order valence-electron chi connectivity index (χ3n) is 2.95. The molecular weight excluding hydrogens is 176 g/mol. The number of fused-ring (bicyclic) bond motifs is 1. The molecule has 3 atom stereocenters. The predicted octanol–water partition coefficient (Wildman–Crippen LogP) is 2.40. The first kappa shape index (κ1) is 9.25. The van der Waals surface area contributed by atoms with Gasteiger partial charge < -0.3 is 5.11 Å². The average Bonchev–Trinajstić information content (AvgIpc) is 2.91. The minimum atomic E-state index is -0.891. The Hall–Kier alpha value is -1.31. The van der Waals surface area contributed by atoms with Gasteiger partial charge >= 0.3 is 5.97 Å². The van der Waals surface area contributed by atoms with E-state index in [-0.39, 0.29) is 0 Å². The van der Waals surface area contributed by atoms with Gasteiger partial charge in [-0.1, -0.05) is 30.4 Å². The molecule has 0 radical (unpaired) electrons. The van der Waals surface area contributed by atoms with Gasteiger partial charge in [0.1, 0.15) is 0 Å². The molecule has 2 aliphatic rings. The van der Waals surface area contributed by atoms with E-state index < -0.39 is 5.97 Å². The molecule has 0 aromatic rings. The van der Waals surface area contributed by atoms with Crippen molar-refractivity contribution in [3.8, 4) is 0 Å². The Labute approximate surface area is 83.6 Å². The standard InChI is InChI=1S/C12H14O2/c13-12(14)7-2-1-4-9-5-3-6-10-8-11(9)10/h1-5,7,9-11H,6,8H2,(H,13,14). The molecule has 74 valence electrons. The van der Waals surface area contributed by atoms with Gasteiger partial charge in [-0.05, 0) is 30.6 Å². The second kappa shape index (κ2) is 3.82. The van der Waals surface area contributed by atoms with E-state index in [1.807, 2.05) is 6.08 Å². The Morgan fingerprint density at radius 1 is 1.43 bits per heavy atom. The van der Waals surface area contributed by atoms with E-state index in [1.165, 1.54) is 12.8 Å². The summed E-state index contributed by atoms with van der Waals surface area (Å²) in [5.41, 5.74) is 0. The first-order chi connectivity index (χ1) is 6.77. The van der Waals surface area contributed by atoms with Crippen LogP contribution < -0.4 is 0 Å². The molecule has 1 saturated carbocycles. The van der Waals surface area contributed by atoms with Crippen LogP contribution in [0.15, 0.2) is 36.5 Å². The van der Waals surface area contributed by atoms with Gasteiger partial charge in [-0.2, -0.15) is 0 Å². The highest BCUT2D eigenvalue weighted by Crippen LogP contribution is 2.50. The van der Waals surface area contributed by atoms with Gasteiger partial charge in [0.2, 0.25) is 0 Å². The Morgan fingerprint density at radius 2 is 2.29 bits per heavy atom. The van der Waals surface area contributed by atoms with Crippen molar-refractivity contribution in [1.82, 2.24) is 0 Å². The number of carboxylic acids is 1. The van der Waals surface area contributed by atoms with E-state index in [2.05, 4.69) is 18.2 Å². The molecule has 0 aliphatic heterocycles. The molecule has 0 spiro atoms. The molecule has 2 nitrogen and oxygen atoms in total. The third-order valence-corrected chi connectivity index (χ3v) is 2.95. The molecule has 0 amide bonds. The zero-order chi connectivity index (χ0) is 9.97. The summed E-state index contributed by atoms with van der Waals surface area (Å²) in [6.45, 7) is 0. The minimum Gasteiger partial charge on any atom is -0.478 e. The van der Waals surface area contributed by atoms with Crippen LogP contribution in [0.5, 0.6) is 0 Å². The third kappa shape index (κ3) is 2.13. The summed E-state index contributed by atoms with van der Waals surface area (Å²) in [5, 5.41) is 8.38. The van der Waals surface area contributed by atoms with Gasteiger partial charge in [0.25, 0.3) is 0 Å². The van der Waals surface area contributed by atoms with Crippen molar-refractivity contribution in [2.45, 2.75) is 12.8 Å². The monoisotopic (exact) mass is 190 g/mol. The van der Waals surface area contributed by atoms with Crippen LogP contribution in [0.1, 0.15) is 12.8 Å². The van der Waals surface area contributed by atoms with E-state index in [4.69, 9.17) is 5.11 Å². The number of carboxylic acid groups (broad SMARTS) is 1. The number of hydrogen-bond acceptors (Lipinski definition) is 1. The lowest BCUT2D eigenvalue weighted by Gasteiger charge is -2.10. The summed E-state index contributed by atoms with van der Waals surface area (Å²) >= 11 is 0. The fourth-order valence-corrected chi connectivity index (χ4v) is 2.10. The molecule has 2 heteroatoms. The molecule has 14 heavy (non-hydrogen) atoms. The van der Waals surface area contributed by atoms with Crippen molar-refractivity contribution in [3.63, 3.8) is 0 Å². The second-order valence-corrected chi connectivity index (χ2v) is 3.98. The average molecular weight is 190 g/mol. The van der Waals surface area contributed by atoms with Gasteiger partial charge in [0.05, 0.1) is 0 Å². The van der Waals surface area contributed by atoms with Gasteiger partial charge in [0.15, 0.2) is 0 Å². The van der Waals surface area contributed by atoms with Gasteiger partial charge in [-0.25, -0.2) is 4.79 Å². The van der Waals surface area contributed by atoms with Crippen molar-refractivity contribution in [2.75, 3.05) is 0 Å². The smallest absolute Gasteiger partial charge is 0.328 e. The molecule has 2 aliphatic carbocycles. The van der Waals surface area contributed by atoms with E-state index in [9.17, 15) is 4.79 Å². The van der Waals surface area contributed by atoms with Crippen LogP contribution in [-0.2, 0) is 4.79 Å². The lowest BCUT2D eigenvalue weighted by Crippen LogP contribution is -2.00. The van der Waals surface area contributed by atoms with Crippen LogP contribution in [0.3, 0.4) is 0 Å². The highest BCUT2D eigenvalue weighted by atomic mass is 16.4. The Balaban J connectivity index is 1.87. The molecule has 3 unspecified atom stereocenters. The first-order valence-corrected chi connectivity index (χ1v) is 5.02. The maximum absolute atomic E-state index is 10.2. The van der Waals surface area contributed by atoms with Crippen LogP contribution >= 0.6 is 0 Å². The van der Waals surface area contributed by atoms with Crippen LogP contribution in [0.4, 0.5) is 0 Å². The van der Waals surface area contributed by atoms with Crippen LogP contribution in [-0.4, -0.2) is 11.1 Å². The second-order valence-electron chi connectivity index (χ2n) is 3.98. The molecule has 0 heterocycles. The lowest BCUT2D eigenvalue weighted by atomic mass is 9.95. The van der Waals surface area contributed by atoms with Crippen molar-refractivity contribution >= 4 is 5.97 Å². The normalized spacial score (nSPS) is 35.0. The van der Waals surface area contributed by atoms with Crippen molar-refractivity contribution in [2.24, 2.45) is 17.8 Å². The van der Waals surface area contributed by atoms with Crippen LogP contribution in [0.2, 0.25) is 0 Å². The van der Waals surface area contributed by atoms with Crippen LogP contribution in [0.25, 0.3) is 0 Å². The predicted molar refractivity (Wildman–Crippen MR) is 54.8 cm³/mol. The maximum atomic E-state index is 10.2.